The maximum atomic E-state index is 10.2. The summed E-state index contributed by atoms with van der Waals surface area (Å²) in [5.41, 5.74) is 1.69. The monoisotopic (exact) mass is 424 g/mol. The van der Waals surface area contributed by atoms with E-state index in [1.165, 1.54) is 5.56 Å². The van der Waals surface area contributed by atoms with Crippen molar-refractivity contribution in [2.45, 2.75) is 38.5 Å². The summed E-state index contributed by atoms with van der Waals surface area (Å²) >= 11 is 0. The molecule has 2 rings (SSSR count). The van der Waals surface area contributed by atoms with Crippen LogP contribution in [0.4, 0.5) is 0 Å². The van der Waals surface area contributed by atoms with Gasteiger partial charge in [-0.25, -0.2) is 0 Å². The van der Waals surface area contributed by atoms with Gasteiger partial charge in [-0.3, -0.25) is 0 Å². The molecule has 31 heavy (non-hydrogen) atoms. The largest absolute Gasteiger partial charge is 0.497 e. The molecule has 5 nitrogen and oxygen atoms in total. The fourth-order valence-corrected chi connectivity index (χ4v) is 4.02. The third kappa shape index (κ3) is 6.15. The molecule has 0 N–H and O–H groups in total. The smallest absolute Gasteiger partial charge is 0.161 e. The van der Waals surface area contributed by atoms with Crippen LogP contribution in [0.3, 0.4) is 0 Å². The van der Waals surface area contributed by atoms with E-state index in [0.29, 0.717) is 11.5 Å². The number of ether oxygens (including phenoxy) is 3. The highest BCUT2D eigenvalue weighted by atomic mass is 16.5. The molecule has 0 aliphatic rings. The first-order valence-corrected chi connectivity index (χ1v) is 10.9. The Kier molecular flexibility index (Phi) is 9.21. The van der Waals surface area contributed by atoms with Crippen molar-refractivity contribution in [2.75, 3.05) is 41.5 Å². The van der Waals surface area contributed by atoms with Gasteiger partial charge in [0, 0.05) is 6.54 Å². The Morgan fingerprint density at radius 1 is 0.968 bits per heavy atom. The van der Waals surface area contributed by atoms with Gasteiger partial charge in [-0.2, -0.15) is 5.26 Å². The summed E-state index contributed by atoms with van der Waals surface area (Å²) in [7, 11) is 7.08. The van der Waals surface area contributed by atoms with Crippen molar-refractivity contribution in [2.24, 2.45) is 5.92 Å². The number of benzene rings is 2. The van der Waals surface area contributed by atoms with E-state index in [4.69, 9.17) is 14.2 Å². The second kappa shape index (κ2) is 11.6. The molecule has 1 atom stereocenters. The normalized spacial score (nSPS) is 13.0. The Morgan fingerprint density at radius 2 is 1.71 bits per heavy atom. The molecular weight excluding hydrogens is 388 g/mol. The van der Waals surface area contributed by atoms with Crippen LogP contribution in [0.2, 0.25) is 0 Å². The fraction of sp³-hybridized carbons (Fsp3) is 0.500. The van der Waals surface area contributed by atoms with Gasteiger partial charge in [0.25, 0.3) is 0 Å². The number of nitriles is 1. The van der Waals surface area contributed by atoms with Crippen molar-refractivity contribution in [3.8, 4) is 23.3 Å². The number of hydrogen-bond donors (Lipinski definition) is 0. The first kappa shape index (κ1) is 24.6. The van der Waals surface area contributed by atoms with Gasteiger partial charge in [0.2, 0.25) is 0 Å². The molecule has 0 radical (unpaired) electrons. The van der Waals surface area contributed by atoms with Crippen LogP contribution in [0, 0.1) is 17.2 Å². The highest BCUT2D eigenvalue weighted by Gasteiger charge is 2.36. The quantitative estimate of drug-likeness (QED) is 0.475. The Bertz CT molecular complexity index is 875. The topological polar surface area (TPSA) is 54.7 Å². The molecule has 0 amide bonds. The van der Waals surface area contributed by atoms with E-state index >= 15 is 0 Å². The molecule has 0 saturated heterocycles. The summed E-state index contributed by atoms with van der Waals surface area (Å²) in [6.07, 6.45) is 2.70. The molecule has 0 aliphatic carbocycles. The van der Waals surface area contributed by atoms with Gasteiger partial charge in [-0.1, -0.05) is 32.0 Å². The minimum absolute atomic E-state index is 0.178. The van der Waals surface area contributed by atoms with E-state index in [2.05, 4.69) is 44.0 Å². The molecule has 168 valence electrons. The van der Waals surface area contributed by atoms with E-state index in [9.17, 15) is 5.26 Å². The van der Waals surface area contributed by atoms with Crippen LogP contribution in [0.25, 0.3) is 0 Å². The molecule has 0 saturated carbocycles. The zero-order valence-corrected chi connectivity index (χ0v) is 19.8. The van der Waals surface area contributed by atoms with E-state index < -0.39 is 5.41 Å². The van der Waals surface area contributed by atoms with Crippen LogP contribution >= 0.6 is 0 Å². The second-order valence-corrected chi connectivity index (χ2v) is 8.32. The predicted octanol–water partition coefficient (Wildman–Crippen LogP) is 5.08. The molecule has 0 aromatic heterocycles. The molecule has 2 aromatic rings. The molecule has 0 bridgehead atoms. The summed E-state index contributed by atoms with van der Waals surface area (Å²) in [5.74, 6) is 2.42. The molecule has 0 heterocycles. The van der Waals surface area contributed by atoms with E-state index in [1.807, 2.05) is 30.3 Å². The number of methoxy groups -OCH3 is 3. The third-order valence-electron chi connectivity index (χ3n) is 6.11. The van der Waals surface area contributed by atoms with E-state index in [0.717, 1.165) is 43.7 Å². The summed E-state index contributed by atoms with van der Waals surface area (Å²) in [6.45, 7) is 6.14. The minimum atomic E-state index is -0.562. The van der Waals surface area contributed by atoms with Crippen LogP contribution < -0.4 is 14.2 Å². The van der Waals surface area contributed by atoms with Crippen molar-refractivity contribution in [1.29, 1.82) is 5.26 Å². The molecule has 5 heteroatoms. The van der Waals surface area contributed by atoms with Crippen molar-refractivity contribution in [3.05, 3.63) is 53.6 Å². The zero-order valence-electron chi connectivity index (χ0n) is 19.8. The summed E-state index contributed by atoms with van der Waals surface area (Å²) < 4.78 is 16.2. The molecule has 0 fully saturated rings. The lowest BCUT2D eigenvalue weighted by Crippen LogP contribution is -2.32. The summed E-state index contributed by atoms with van der Waals surface area (Å²) in [6, 6.07) is 16.7. The Labute approximate surface area is 187 Å². The Balaban J connectivity index is 2.02. The Hall–Kier alpha value is -2.71. The average Bonchev–Trinajstić information content (AvgIpc) is 2.80. The SMILES string of the molecule is COc1cccc(CCN(C)CCC[C@@](C#N)(c2ccc(OC)c(OC)c2)C(C)C)c1. The molecule has 0 spiro atoms. The van der Waals surface area contributed by atoms with Crippen molar-refractivity contribution < 1.29 is 14.2 Å². The molecular formula is C26H36N2O3. The van der Waals surface area contributed by atoms with E-state index in [-0.39, 0.29) is 5.92 Å². The van der Waals surface area contributed by atoms with Crippen LogP contribution in [0.5, 0.6) is 17.2 Å². The number of likely N-dealkylation sites (N-methyl/N-ethyl adjacent to an activating group) is 1. The molecule has 0 unspecified atom stereocenters. The first-order chi connectivity index (χ1) is 14.9. The average molecular weight is 425 g/mol. The Morgan fingerprint density at radius 3 is 2.32 bits per heavy atom. The van der Waals surface area contributed by atoms with Gasteiger partial charge < -0.3 is 19.1 Å². The van der Waals surface area contributed by atoms with Crippen LogP contribution in [-0.4, -0.2) is 46.4 Å². The van der Waals surface area contributed by atoms with Crippen LogP contribution in [0.1, 0.15) is 37.8 Å². The minimum Gasteiger partial charge on any atom is -0.497 e. The summed E-state index contributed by atoms with van der Waals surface area (Å²) in [4.78, 5) is 2.33. The molecule has 2 aromatic carbocycles. The first-order valence-electron chi connectivity index (χ1n) is 10.9. The van der Waals surface area contributed by atoms with Crippen LogP contribution in [0.15, 0.2) is 42.5 Å². The maximum Gasteiger partial charge on any atom is 0.161 e. The van der Waals surface area contributed by atoms with Gasteiger partial charge in [0.15, 0.2) is 11.5 Å². The number of nitrogens with zero attached hydrogens (tertiary/aromatic N) is 2. The maximum absolute atomic E-state index is 10.2. The van der Waals surface area contributed by atoms with Crippen LogP contribution in [-0.2, 0) is 11.8 Å². The zero-order chi connectivity index (χ0) is 22.9. The lowest BCUT2D eigenvalue weighted by Gasteiger charge is -2.32. The van der Waals surface area contributed by atoms with Gasteiger partial charge >= 0.3 is 0 Å². The highest BCUT2D eigenvalue weighted by Crippen LogP contribution is 2.40. The van der Waals surface area contributed by atoms with Crippen molar-refractivity contribution in [1.82, 2.24) is 4.90 Å². The standard InChI is InChI=1S/C26H36N2O3/c1-20(2)26(19-27,22-11-12-24(30-5)25(18-22)31-6)14-8-15-28(3)16-13-21-9-7-10-23(17-21)29-4/h7,9-12,17-18,20H,8,13-16H2,1-6H3/t26-/m0/s1. The number of hydrogen-bond acceptors (Lipinski definition) is 5. The predicted molar refractivity (Wildman–Crippen MR) is 125 cm³/mol. The van der Waals surface area contributed by atoms with Gasteiger partial charge in [0.1, 0.15) is 5.75 Å². The van der Waals surface area contributed by atoms with Crippen molar-refractivity contribution in [3.63, 3.8) is 0 Å². The third-order valence-corrected chi connectivity index (χ3v) is 6.11. The van der Waals surface area contributed by atoms with Gasteiger partial charge in [-0.15, -0.1) is 0 Å². The second-order valence-electron chi connectivity index (χ2n) is 8.32. The van der Waals surface area contributed by atoms with Gasteiger partial charge in [0.05, 0.1) is 32.8 Å². The summed E-state index contributed by atoms with van der Waals surface area (Å²) in [5, 5.41) is 10.2. The van der Waals surface area contributed by atoms with E-state index in [1.54, 1.807) is 21.3 Å². The molecule has 0 aliphatic heterocycles. The number of rotatable bonds is 12. The van der Waals surface area contributed by atoms with Crippen molar-refractivity contribution >= 4 is 0 Å². The lowest BCUT2D eigenvalue weighted by atomic mass is 9.69. The highest BCUT2D eigenvalue weighted by molar-refractivity contribution is 5.47. The lowest BCUT2D eigenvalue weighted by molar-refractivity contribution is 0.292. The van der Waals surface area contributed by atoms with Gasteiger partial charge in [-0.05, 0) is 74.2 Å². The fourth-order valence-electron chi connectivity index (χ4n) is 4.02.